The molecule has 8 heteroatoms. The van der Waals surface area contributed by atoms with Gasteiger partial charge in [0.25, 0.3) is 5.76 Å². The van der Waals surface area contributed by atoms with Crippen LogP contribution in [0.3, 0.4) is 0 Å². The fraction of sp³-hybridized carbons (Fsp3) is 0.538. The Bertz CT molecular complexity index is 521. The Balaban J connectivity index is 1.83. The summed E-state index contributed by atoms with van der Waals surface area (Å²) in [7, 11) is 1.46. The highest BCUT2D eigenvalue weighted by Gasteiger charge is 2.31. The van der Waals surface area contributed by atoms with Gasteiger partial charge in [-0.05, 0) is 18.6 Å². The van der Waals surface area contributed by atoms with E-state index in [1.807, 2.05) is 0 Å². The number of alkyl halides is 2. The van der Waals surface area contributed by atoms with Crippen molar-refractivity contribution in [2.24, 2.45) is 0 Å². The lowest BCUT2D eigenvalue weighted by Crippen LogP contribution is -2.51. The number of piperidine rings is 1. The zero-order chi connectivity index (χ0) is 15.4. The minimum absolute atomic E-state index is 0.108. The lowest BCUT2D eigenvalue weighted by molar-refractivity contribution is -0.148. The van der Waals surface area contributed by atoms with Crippen molar-refractivity contribution in [2.75, 3.05) is 7.05 Å². The van der Waals surface area contributed by atoms with Crippen molar-refractivity contribution in [2.45, 2.75) is 36.9 Å². The number of hydrogen-bond acceptors (Lipinski definition) is 5. The summed E-state index contributed by atoms with van der Waals surface area (Å²) in [4.78, 5) is 24.3. The minimum atomic E-state index is -2.43. The maximum Gasteiger partial charge on any atom is 0.284 e. The Labute approximate surface area is 125 Å². The van der Waals surface area contributed by atoms with Gasteiger partial charge in [0.1, 0.15) is 11.5 Å². The molecular formula is C13H16F2N2O3S. The number of hydrogen-bond donors (Lipinski definition) is 1. The molecule has 21 heavy (non-hydrogen) atoms. The van der Waals surface area contributed by atoms with Gasteiger partial charge in [-0.1, -0.05) is 11.8 Å². The summed E-state index contributed by atoms with van der Waals surface area (Å²) in [5, 5.41) is 3.02. The number of likely N-dealkylation sites (tertiary alicyclic amines) is 1. The summed E-state index contributed by atoms with van der Waals surface area (Å²) in [5.41, 5.74) is 0. The van der Waals surface area contributed by atoms with Crippen LogP contribution in [0.25, 0.3) is 0 Å². The first kappa shape index (κ1) is 16.0. The van der Waals surface area contributed by atoms with Crippen LogP contribution in [0.4, 0.5) is 8.78 Å². The molecule has 0 aliphatic carbocycles. The second-order valence-electron chi connectivity index (χ2n) is 4.70. The van der Waals surface area contributed by atoms with Crippen molar-refractivity contribution in [1.29, 1.82) is 0 Å². The topological polar surface area (TPSA) is 62.6 Å². The Kier molecular flexibility index (Phi) is 5.35. The molecule has 1 fully saturated rings. The molecule has 1 unspecified atom stereocenters. The van der Waals surface area contributed by atoms with Crippen molar-refractivity contribution in [1.82, 2.24) is 10.2 Å². The number of rotatable bonds is 6. The first-order valence-corrected chi connectivity index (χ1v) is 7.53. The van der Waals surface area contributed by atoms with Crippen LogP contribution in [-0.2, 0) is 21.9 Å². The van der Waals surface area contributed by atoms with E-state index >= 15 is 0 Å². The number of carbonyl (C=O) groups is 2. The molecule has 2 rings (SSSR count). The summed E-state index contributed by atoms with van der Waals surface area (Å²) in [6.45, 7) is 0.317. The average molecular weight is 318 g/mol. The van der Waals surface area contributed by atoms with Crippen LogP contribution in [0.5, 0.6) is 0 Å². The van der Waals surface area contributed by atoms with E-state index in [0.29, 0.717) is 42.7 Å². The number of thioether (sulfide) groups is 1. The average Bonchev–Trinajstić information content (AvgIpc) is 2.90. The van der Waals surface area contributed by atoms with Gasteiger partial charge in [-0.25, -0.2) is 0 Å². The van der Waals surface area contributed by atoms with Gasteiger partial charge in [-0.2, -0.15) is 8.78 Å². The normalized spacial score (nSPS) is 19.6. The standard InChI is InChI=1S/C13H16F2N2O3S/c1-17-11(18)5-4-10(12(17)19)16-6-8-2-3-9(20-8)7-21-13(14)15/h2-3,10,13,16H,4-7H2,1H3. The van der Waals surface area contributed by atoms with Crippen molar-refractivity contribution in [3.63, 3.8) is 0 Å². The predicted octanol–water partition coefficient (Wildman–Crippen LogP) is 1.97. The number of carbonyl (C=O) groups excluding carboxylic acids is 2. The maximum atomic E-state index is 12.1. The summed E-state index contributed by atoms with van der Waals surface area (Å²) in [5.74, 6) is -1.71. The van der Waals surface area contributed by atoms with E-state index in [-0.39, 0.29) is 17.6 Å². The molecule has 0 bridgehead atoms. The summed E-state index contributed by atoms with van der Waals surface area (Å²) >= 11 is 0.499. The lowest BCUT2D eigenvalue weighted by atomic mass is 10.0. The number of furan rings is 1. The van der Waals surface area contributed by atoms with Gasteiger partial charge < -0.3 is 4.42 Å². The molecule has 0 radical (unpaired) electrons. The van der Waals surface area contributed by atoms with Crippen molar-refractivity contribution in [3.05, 3.63) is 23.7 Å². The second kappa shape index (κ2) is 7.04. The van der Waals surface area contributed by atoms with Crippen molar-refractivity contribution >= 4 is 23.6 Å². The quantitative estimate of drug-likeness (QED) is 0.813. The summed E-state index contributed by atoms with van der Waals surface area (Å²) < 4.78 is 29.5. The molecule has 1 saturated heterocycles. The summed E-state index contributed by atoms with van der Waals surface area (Å²) in [6, 6.07) is 2.91. The molecule has 116 valence electrons. The largest absolute Gasteiger partial charge is 0.464 e. The van der Waals surface area contributed by atoms with E-state index in [0.717, 1.165) is 4.90 Å². The molecular weight excluding hydrogens is 302 g/mol. The highest BCUT2D eigenvalue weighted by atomic mass is 32.2. The lowest BCUT2D eigenvalue weighted by Gasteiger charge is -2.28. The Morgan fingerprint density at radius 2 is 2.14 bits per heavy atom. The van der Waals surface area contributed by atoms with Crippen LogP contribution in [0, 0.1) is 0 Å². The van der Waals surface area contributed by atoms with Gasteiger partial charge in [0, 0.05) is 13.5 Å². The SMILES string of the molecule is CN1C(=O)CCC(NCc2ccc(CSC(F)F)o2)C1=O. The monoisotopic (exact) mass is 318 g/mol. The fourth-order valence-corrected chi connectivity index (χ4v) is 2.51. The van der Waals surface area contributed by atoms with Gasteiger partial charge in [0.2, 0.25) is 11.8 Å². The van der Waals surface area contributed by atoms with Crippen LogP contribution in [0.2, 0.25) is 0 Å². The molecule has 1 aliphatic heterocycles. The first-order valence-electron chi connectivity index (χ1n) is 6.48. The second-order valence-corrected chi connectivity index (χ2v) is 5.68. The molecule has 1 aliphatic rings. The van der Waals surface area contributed by atoms with Gasteiger partial charge >= 0.3 is 0 Å². The fourth-order valence-electron chi connectivity index (χ4n) is 2.07. The summed E-state index contributed by atoms with van der Waals surface area (Å²) in [6.07, 6.45) is 0.783. The van der Waals surface area contributed by atoms with Crippen molar-refractivity contribution < 1.29 is 22.8 Å². The van der Waals surface area contributed by atoms with Gasteiger partial charge in [-0.3, -0.25) is 19.8 Å². The van der Waals surface area contributed by atoms with E-state index in [1.54, 1.807) is 12.1 Å². The maximum absolute atomic E-state index is 12.1. The zero-order valence-electron chi connectivity index (χ0n) is 11.5. The Hall–Kier alpha value is -1.41. The number of nitrogens with zero attached hydrogens (tertiary/aromatic N) is 1. The third-order valence-corrected chi connectivity index (χ3v) is 3.94. The Morgan fingerprint density at radius 1 is 1.43 bits per heavy atom. The van der Waals surface area contributed by atoms with Crippen LogP contribution in [0.15, 0.2) is 16.5 Å². The van der Waals surface area contributed by atoms with Crippen molar-refractivity contribution in [3.8, 4) is 0 Å². The zero-order valence-corrected chi connectivity index (χ0v) is 12.3. The smallest absolute Gasteiger partial charge is 0.284 e. The third kappa shape index (κ3) is 4.28. The van der Waals surface area contributed by atoms with E-state index < -0.39 is 11.8 Å². The number of amides is 2. The van der Waals surface area contributed by atoms with Crippen LogP contribution < -0.4 is 5.32 Å². The van der Waals surface area contributed by atoms with Crippen LogP contribution >= 0.6 is 11.8 Å². The molecule has 2 amide bonds. The van der Waals surface area contributed by atoms with E-state index in [9.17, 15) is 18.4 Å². The number of imide groups is 1. The van der Waals surface area contributed by atoms with E-state index in [1.165, 1.54) is 7.05 Å². The van der Waals surface area contributed by atoms with Crippen LogP contribution in [-0.4, -0.2) is 35.6 Å². The van der Waals surface area contributed by atoms with Crippen LogP contribution in [0.1, 0.15) is 24.4 Å². The minimum Gasteiger partial charge on any atom is -0.464 e. The molecule has 1 atom stereocenters. The molecule has 2 heterocycles. The van der Waals surface area contributed by atoms with Gasteiger partial charge in [-0.15, -0.1) is 0 Å². The van der Waals surface area contributed by atoms with E-state index in [4.69, 9.17) is 4.42 Å². The van der Waals surface area contributed by atoms with Gasteiger partial charge in [0.05, 0.1) is 18.3 Å². The Morgan fingerprint density at radius 3 is 2.86 bits per heavy atom. The predicted molar refractivity (Wildman–Crippen MR) is 73.6 cm³/mol. The molecule has 1 aromatic rings. The molecule has 1 N–H and O–H groups in total. The first-order chi connectivity index (χ1) is 9.97. The highest BCUT2D eigenvalue weighted by Crippen LogP contribution is 2.21. The molecule has 0 aromatic carbocycles. The van der Waals surface area contributed by atoms with Gasteiger partial charge in [0.15, 0.2) is 0 Å². The molecule has 1 aromatic heterocycles. The number of nitrogens with one attached hydrogen (secondary N) is 1. The molecule has 0 saturated carbocycles. The molecule has 0 spiro atoms. The highest BCUT2D eigenvalue weighted by molar-refractivity contribution is 7.98. The molecule has 5 nitrogen and oxygen atoms in total. The van der Waals surface area contributed by atoms with E-state index in [2.05, 4.69) is 5.32 Å². The number of likely N-dealkylation sites (N-methyl/N-ethyl adjacent to an activating group) is 1. The third-order valence-electron chi connectivity index (χ3n) is 3.24. The number of halogens is 2.